The molecule has 0 aliphatic carbocycles. The number of anilines is 3. The molecule has 160 valence electrons. The Kier molecular flexibility index (Phi) is 6.33. The van der Waals surface area contributed by atoms with E-state index in [1.807, 2.05) is 6.07 Å². The molecule has 6 nitrogen and oxygen atoms in total. The Morgan fingerprint density at radius 1 is 0.969 bits per heavy atom. The molecule has 1 unspecified atom stereocenters. The van der Waals surface area contributed by atoms with E-state index in [4.69, 9.17) is 11.6 Å². The SMILES string of the molecule is O=C(CC1C(=O)Nc2ccccc2N1C(=O)/C=C/c1ccc(Cl)cc1)Nc1ccccc1. The molecule has 0 bridgehead atoms. The van der Waals surface area contributed by atoms with Gasteiger partial charge in [-0.15, -0.1) is 0 Å². The first-order valence-electron chi connectivity index (χ1n) is 10.0. The minimum Gasteiger partial charge on any atom is -0.326 e. The van der Waals surface area contributed by atoms with E-state index < -0.39 is 17.9 Å². The highest BCUT2D eigenvalue weighted by molar-refractivity contribution is 6.30. The fourth-order valence-corrected chi connectivity index (χ4v) is 3.60. The van der Waals surface area contributed by atoms with Crippen LogP contribution in [0.1, 0.15) is 12.0 Å². The summed E-state index contributed by atoms with van der Waals surface area (Å²) in [7, 11) is 0. The summed E-state index contributed by atoms with van der Waals surface area (Å²) < 4.78 is 0. The van der Waals surface area contributed by atoms with Crippen LogP contribution in [0.15, 0.2) is 84.9 Å². The molecule has 1 atom stereocenters. The minimum atomic E-state index is -0.990. The summed E-state index contributed by atoms with van der Waals surface area (Å²) in [4.78, 5) is 40.1. The number of fused-ring (bicyclic) bond motifs is 1. The third kappa shape index (κ3) is 4.87. The van der Waals surface area contributed by atoms with Crippen molar-refractivity contribution in [1.82, 2.24) is 0 Å². The van der Waals surface area contributed by atoms with E-state index in [9.17, 15) is 14.4 Å². The van der Waals surface area contributed by atoms with Gasteiger partial charge in [-0.1, -0.05) is 54.1 Å². The summed E-state index contributed by atoms with van der Waals surface area (Å²) in [6, 6.07) is 22.0. The number of benzene rings is 3. The number of nitrogens with zero attached hydrogens (tertiary/aromatic N) is 1. The van der Waals surface area contributed by atoms with Gasteiger partial charge >= 0.3 is 0 Å². The van der Waals surface area contributed by atoms with Crippen LogP contribution in [0.25, 0.3) is 6.08 Å². The lowest BCUT2D eigenvalue weighted by molar-refractivity contribution is -0.124. The highest BCUT2D eigenvalue weighted by Crippen LogP contribution is 2.33. The Hall–Kier alpha value is -3.90. The topological polar surface area (TPSA) is 78.5 Å². The molecular formula is C25H20ClN3O3. The van der Waals surface area contributed by atoms with Gasteiger partial charge in [0.05, 0.1) is 17.8 Å². The molecule has 0 spiro atoms. The van der Waals surface area contributed by atoms with Crippen LogP contribution in [-0.2, 0) is 14.4 Å². The van der Waals surface area contributed by atoms with Crippen molar-refractivity contribution in [2.75, 3.05) is 15.5 Å². The van der Waals surface area contributed by atoms with Gasteiger partial charge < -0.3 is 10.6 Å². The minimum absolute atomic E-state index is 0.185. The second-order valence-electron chi connectivity index (χ2n) is 7.23. The summed E-state index contributed by atoms with van der Waals surface area (Å²) in [6.07, 6.45) is 2.85. The van der Waals surface area contributed by atoms with E-state index in [0.717, 1.165) is 5.56 Å². The Balaban J connectivity index is 1.60. The Morgan fingerprint density at radius 3 is 2.41 bits per heavy atom. The molecule has 2 N–H and O–H groups in total. The molecular weight excluding hydrogens is 426 g/mol. The van der Waals surface area contributed by atoms with E-state index in [0.29, 0.717) is 22.1 Å². The van der Waals surface area contributed by atoms with Crippen LogP contribution < -0.4 is 15.5 Å². The van der Waals surface area contributed by atoms with E-state index in [2.05, 4.69) is 10.6 Å². The molecule has 0 fully saturated rings. The van der Waals surface area contributed by atoms with Gasteiger partial charge in [-0.3, -0.25) is 19.3 Å². The fourth-order valence-electron chi connectivity index (χ4n) is 3.48. The van der Waals surface area contributed by atoms with Crippen molar-refractivity contribution in [3.63, 3.8) is 0 Å². The van der Waals surface area contributed by atoms with Gasteiger partial charge in [-0.05, 0) is 48.0 Å². The van der Waals surface area contributed by atoms with E-state index in [1.165, 1.54) is 11.0 Å². The monoisotopic (exact) mass is 445 g/mol. The van der Waals surface area contributed by atoms with Gasteiger partial charge in [-0.2, -0.15) is 0 Å². The molecule has 3 amide bonds. The van der Waals surface area contributed by atoms with Crippen LogP contribution in [0.4, 0.5) is 17.1 Å². The summed E-state index contributed by atoms with van der Waals surface area (Å²) in [5.41, 5.74) is 2.46. The predicted octanol–water partition coefficient (Wildman–Crippen LogP) is 4.74. The maximum atomic E-state index is 13.2. The Labute approximate surface area is 190 Å². The van der Waals surface area contributed by atoms with Crippen LogP contribution >= 0.6 is 11.6 Å². The van der Waals surface area contributed by atoms with Crippen LogP contribution in [0.5, 0.6) is 0 Å². The molecule has 1 aliphatic heterocycles. The lowest BCUT2D eigenvalue weighted by Gasteiger charge is -2.35. The highest BCUT2D eigenvalue weighted by atomic mass is 35.5. The molecule has 0 aromatic heterocycles. The standard InChI is InChI=1S/C25H20ClN3O3/c26-18-13-10-17(11-14-18)12-15-24(31)29-21-9-5-4-8-20(21)28-25(32)22(29)16-23(30)27-19-6-2-1-3-7-19/h1-15,22H,16H2,(H,27,30)(H,28,32)/b15-12+. The summed E-state index contributed by atoms with van der Waals surface area (Å²) in [6.45, 7) is 0. The number of para-hydroxylation sites is 3. The molecule has 7 heteroatoms. The van der Waals surface area contributed by atoms with Crippen molar-refractivity contribution in [2.24, 2.45) is 0 Å². The number of carbonyl (C=O) groups excluding carboxylic acids is 3. The molecule has 1 aliphatic rings. The largest absolute Gasteiger partial charge is 0.326 e. The summed E-state index contributed by atoms with van der Waals surface area (Å²) in [5, 5.41) is 6.16. The molecule has 32 heavy (non-hydrogen) atoms. The molecule has 3 aromatic rings. The molecule has 4 rings (SSSR count). The van der Waals surface area contributed by atoms with Crippen molar-refractivity contribution >= 4 is 52.5 Å². The maximum Gasteiger partial charge on any atom is 0.251 e. The zero-order valence-corrected chi connectivity index (χ0v) is 17.8. The van der Waals surface area contributed by atoms with Crippen LogP contribution in [0, 0.1) is 0 Å². The number of halogens is 1. The highest BCUT2D eigenvalue weighted by Gasteiger charge is 2.37. The number of nitrogens with one attached hydrogen (secondary N) is 2. The summed E-state index contributed by atoms with van der Waals surface area (Å²) >= 11 is 5.91. The van der Waals surface area contributed by atoms with Gasteiger partial charge in [0.25, 0.3) is 5.91 Å². The zero-order chi connectivity index (χ0) is 22.5. The van der Waals surface area contributed by atoms with E-state index >= 15 is 0 Å². The molecule has 0 radical (unpaired) electrons. The van der Waals surface area contributed by atoms with Crippen molar-refractivity contribution in [2.45, 2.75) is 12.5 Å². The average molecular weight is 446 g/mol. The van der Waals surface area contributed by atoms with Crippen molar-refractivity contribution in [3.05, 3.63) is 95.5 Å². The first-order valence-corrected chi connectivity index (χ1v) is 10.4. The van der Waals surface area contributed by atoms with Crippen molar-refractivity contribution in [1.29, 1.82) is 0 Å². The van der Waals surface area contributed by atoms with Crippen molar-refractivity contribution in [3.8, 4) is 0 Å². The van der Waals surface area contributed by atoms with Gasteiger partial charge in [0.1, 0.15) is 6.04 Å². The van der Waals surface area contributed by atoms with E-state index in [-0.39, 0.29) is 12.3 Å². The average Bonchev–Trinajstić information content (AvgIpc) is 2.79. The van der Waals surface area contributed by atoms with Gasteiger partial charge in [0, 0.05) is 16.8 Å². The zero-order valence-electron chi connectivity index (χ0n) is 17.0. The maximum absolute atomic E-state index is 13.2. The Morgan fingerprint density at radius 2 is 1.66 bits per heavy atom. The molecule has 0 saturated heterocycles. The quantitative estimate of drug-likeness (QED) is 0.557. The smallest absolute Gasteiger partial charge is 0.251 e. The summed E-state index contributed by atoms with van der Waals surface area (Å²) in [5.74, 6) is -1.19. The first-order chi connectivity index (χ1) is 15.5. The molecule has 3 aromatic carbocycles. The number of hydrogen-bond donors (Lipinski definition) is 2. The van der Waals surface area contributed by atoms with Crippen LogP contribution in [0.3, 0.4) is 0 Å². The number of carbonyl (C=O) groups is 3. The second-order valence-corrected chi connectivity index (χ2v) is 7.67. The number of rotatable bonds is 5. The molecule has 0 saturated carbocycles. The van der Waals surface area contributed by atoms with E-state index in [1.54, 1.807) is 78.9 Å². The van der Waals surface area contributed by atoms with Gasteiger partial charge in [-0.25, -0.2) is 0 Å². The Bertz CT molecular complexity index is 1180. The van der Waals surface area contributed by atoms with Crippen molar-refractivity contribution < 1.29 is 14.4 Å². The predicted molar refractivity (Wildman–Crippen MR) is 127 cm³/mol. The lowest BCUT2D eigenvalue weighted by atomic mass is 10.0. The number of amides is 3. The third-order valence-corrected chi connectivity index (χ3v) is 5.25. The van der Waals surface area contributed by atoms with Crippen LogP contribution in [-0.4, -0.2) is 23.8 Å². The van der Waals surface area contributed by atoms with Gasteiger partial charge in [0.2, 0.25) is 11.8 Å². The number of hydrogen-bond acceptors (Lipinski definition) is 3. The fraction of sp³-hybridized carbons (Fsp3) is 0.0800. The third-order valence-electron chi connectivity index (χ3n) is 5.00. The second kappa shape index (κ2) is 9.49. The normalized spacial score (nSPS) is 15.2. The van der Waals surface area contributed by atoms with Crippen LogP contribution in [0.2, 0.25) is 5.02 Å². The van der Waals surface area contributed by atoms with Gasteiger partial charge in [0.15, 0.2) is 0 Å². The first kappa shape index (κ1) is 21.3. The lowest BCUT2D eigenvalue weighted by Crippen LogP contribution is -2.52. The molecule has 1 heterocycles.